The van der Waals surface area contributed by atoms with Gasteiger partial charge in [-0.1, -0.05) is 13.8 Å². The van der Waals surface area contributed by atoms with Crippen LogP contribution in [0, 0.1) is 5.41 Å². The van der Waals surface area contributed by atoms with Crippen LogP contribution in [0.1, 0.15) is 40.5 Å². The molecule has 0 atom stereocenters. The largest absolute Gasteiger partial charge is 0.382 e. The molecule has 0 fully saturated rings. The fraction of sp³-hybridized carbons (Fsp3) is 0.917. The first-order valence-corrected chi connectivity index (χ1v) is 5.89. The van der Waals surface area contributed by atoms with Crippen molar-refractivity contribution in [2.45, 2.75) is 46.1 Å². The number of amides is 1. The number of nitrogens with one attached hydrogen (secondary N) is 1. The fourth-order valence-electron chi connectivity index (χ4n) is 1.79. The van der Waals surface area contributed by atoms with Gasteiger partial charge in [0.1, 0.15) is 0 Å². The Morgan fingerprint density at radius 1 is 1.31 bits per heavy atom. The van der Waals surface area contributed by atoms with Crippen LogP contribution >= 0.6 is 0 Å². The Kier molecular flexibility index (Phi) is 5.97. The average molecular weight is 230 g/mol. The molecule has 0 spiro atoms. The third kappa shape index (κ3) is 3.76. The summed E-state index contributed by atoms with van der Waals surface area (Å²) >= 11 is 0. The smallest absolute Gasteiger partial charge is 0.227 e. The molecule has 0 saturated heterocycles. The molecule has 4 nitrogen and oxygen atoms in total. The Hall–Kier alpha value is -0.610. The van der Waals surface area contributed by atoms with Gasteiger partial charge >= 0.3 is 0 Å². The van der Waals surface area contributed by atoms with E-state index in [2.05, 4.69) is 5.32 Å². The average Bonchev–Trinajstić information content (AvgIpc) is 2.20. The molecule has 4 heteroatoms. The number of hydrogen-bond acceptors (Lipinski definition) is 3. The van der Waals surface area contributed by atoms with Crippen LogP contribution in [0.3, 0.4) is 0 Å². The van der Waals surface area contributed by atoms with E-state index in [1.54, 1.807) is 7.11 Å². The summed E-state index contributed by atoms with van der Waals surface area (Å²) in [6.45, 7) is 8.77. The molecule has 0 aliphatic rings. The van der Waals surface area contributed by atoms with E-state index < -0.39 is 5.41 Å². The maximum atomic E-state index is 12.2. The van der Waals surface area contributed by atoms with Crippen molar-refractivity contribution in [3.63, 3.8) is 0 Å². The van der Waals surface area contributed by atoms with E-state index in [9.17, 15) is 4.79 Å². The Morgan fingerprint density at radius 2 is 1.81 bits per heavy atom. The van der Waals surface area contributed by atoms with E-state index in [1.165, 1.54) is 0 Å². The second-order valence-corrected chi connectivity index (χ2v) is 4.96. The van der Waals surface area contributed by atoms with Gasteiger partial charge < -0.3 is 15.8 Å². The van der Waals surface area contributed by atoms with Gasteiger partial charge in [0.25, 0.3) is 0 Å². The lowest BCUT2D eigenvalue weighted by Crippen LogP contribution is -2.54. The predicted octanol–water partition coefficient (Wildman–Crippen LogP) is 1.29. The number of rotatable bonds is 7. The number of ether oxygens (including phenoxy) is 1. The molecule has 0 aromatic rings. The van der Waals surface area contributed by atoms with Crippen LogP contribution in [0.15, 0.2) is 0 Å². The molecular formula is C12H26N2O2. The molecule has 0 rings (SSSR count). The summed E-state index contributed by atoms with van der Waals surface area (Å²) in [4.78, 5) is 12.2. The molecule has 0 heterocycles. The Labute approximate surface area is 98.9 Å². The highest BCUT2D eigenvalue weighted by molar-refractivity contribution is 5.83. The van der Waals surface area contributed by atoms with E-state index >= 15 is 0 Å². The van der Waals surface area contributed by atoms with Crippen LogP contribution in [0.2, 0.25) is 0 Å². The molecule has 0 aromatic heterocycles. The third-order valence-electron chi connectivity index (χ3n) is 3.18. The van der Waals surface area contributed by atoms with Gasteiger partial charge in [0, 0.05) is 13.7 Å². The van der Waals surface area contributed by atoms with E-state index in [-0.39, 0.29) is 11.4 Å². The van der Waals surface area contributed by atoms with Crippen LogP contribution in [-0.4, -0.2) is 31.7 Å². The van der Waals surface area contributed by atoms with Crippen molar-refractivity contribution in [2.75, 3.05) is 20.3 Å². The number of carbonyl (C=O) groups is 1. The second kappa shape index (κ2) is 6.21. The normalized spacial score (nSPS) is 12.6. The van der Waals surface area contributed by atoms with Gasteiger partial charge in [-0.15, -0.1) is 0 Å². The molecule has 0 aromatic carbocycles. The second-order valence-electron chi connectivity index (χ2n) is 4.96. The highest BCUT2D eigenvalue weighted by atomic mass is 16.5. The third-order valence-corrected chi connectivity index (χ3v) is 3.18. The molecule has 0 aliphatic carbocycles. The maximum Gasteiger partial charge on any atom is 0.227 e. The summed E-state index contributed by atoms with van der Waals surface area (Å²) in [5.41, 5.74) is 4.94. The molecule has 0 saturated carbocycles. The van der Waals surface area contributed by atoms with Crippen molar-refractivity contribution < 1.29 is 9.53 Å². The lowest BCUT2D eigenvalue weighted by Gasteiger charge is -2.34. The topological polar surface area (TPSA) is 64.4 Å². The number of nitrogens with two attached hydrogens (primary N) is 1. The van der Waals surface area contributed by atoms with E-state index in [4.69, 9.17) is 10.5 Å². The van der Waals surface area contributed by atoms with Crippen molar-refractivity contribution in [1.29, 1.82) is 0 Å². The van der Waals surface area contributed by atoms with E-state index in [1.807, 2.05) is 27.7 Å². The summed E-state index contributed by atoms with van der Waals surface area (Å²) in [5.74, 6) is 0.0297. The first-order valence-electron chi connectivity index (χ1n) is 5.89. The van der Waals surface area contributed by atoms with E-state index in [0.29, 0.717) is 13.2 Å². The molecule has 16 heavy (non-hydrogen) atoms. The van der Waals surface area contributed by atoms with Crippen molar-refractivity contribution in [3.05, 3.63) is 0 Å². The van der Waals surface area contributed by atoms with Gasteiger partial charge in [0.15, 0.2) is 0 Å². The molecule has 0 unspecified atom stereocenters. The van der Waals surface area contributed by atoms with Gasteiger partial charge in [-0.05, 0) is 26.7 Å². The number of carbonyl (C=O) groups excluding carboxylic acids is 1. The number of hydrogen-bond donors (Lipinski definition) is 2. The number of methoxy groups -OCH3 is 1. The lowest BCUT2D eigenvalue weighted by molar-refractivity contribution is -0.133. The zero-order chi connectivity index (χ0) is 12.8. The SMILES string of the molecule is CCC(CC)(CN)C(=O)NC(C)(C)COC. The highest BCUT2D eigenvalue weighted by Crippen LogP contribution is 2.26. The summed E-state index contributed by atoms with van der Waals surface area (Å²) < 4.78 is 5.08. The monoisotopic (exact) mass is 230 g/mol. The molecule has 3 N–H and O–H groups in total. The summed E-state index contributed by atoms with van der Waals surface area (Å²) in [7, 11) is 1.63. The Balaban J connectivity index is 4.65. The summed E-state index contributed by atoms with van der Waals surface area (Å²) in [5, 5.41) is 3.01. The summed E-state index contributed by atoms with van der Waals surface area (Å²) in [6, 6.07) is 0. The first kappa shape index (κ1) is 15.4. The van der Waals surface area contributed by atoms with Crippen LogP contribution < -0.4 is 11.1 Å². The molecule has 96 valence electrons. The van der Waals surface area contributed by atoms with Gasteiger partial charge in [-0.25, -0.2) is 0 Å². The van der Waals surface area contributed by atoms with Gasteiger partial charge in [0.05, 0.1) is 17.6 Å². The quantitative estimate of drug-likeness (QED) is 0.692. The molecular weight excluding hydrogens is 204 g/mol. The molecule has 0 radical (unpaired) electrons. The van der Waals surface area contributed by atoms with Crippen LogP contribution in [0.4, 0.5) is 0 Å². The molecule has 0 aliphatic heterocycles. The zero-order valence-corrected chi connectivity index (χ0v) is 11.2. The van der Waals surface area contributed by atoms with Crippen molar-refractivity contribution in [1.82, 2.24) is 5.32 Å². The van der Waals surface area contributed by atoms with Crippen molar-refractivity contribution in [3.8, 4) is 0 Å². The van der Waals surface area contributed by atoms with Gasteiger partial charge in [0.2, 0.25) is 5.91 Å². The van der Waals surface area contributed by atoms with Gasteiger partial charge in [-0.2, -0.15) is 0 Å². The zero-order valence-electron chi connectivity index (χ0n) is 11.2. The minimum atomic E-state index is -0.439. The van der Waals surface area contributed by atoms with Crippen LogP contribution in [0.5, 0.6) is 0 Å². The predicted molar refractivity (Wildman–Crippen MR) is 66.2 cm³/mol. The Morgan fingerprint density at radius 3 is 2.12 bits per heavy atom. The van der Waals surface area contributed by atoms with Crippen molar-refractivity contribution in [2.24, 2.45) is 11.1 Å². The molecule has 1 amide bonds. The minimum absolute atomic E-state index is 0.0297. The van der Waals surface area contributed by atoms with Crippen LogP contribution in [-0.2, 0) is 9.53 Å². The lowest BCUT2D eigenvalue weighted by atomic mass is 9.81. The standard InChI is InChI=1S/C12H26N2O2/c1-6-12(7-2,8-13)10(15)14-11(3,4)9-16-5/h6-9,13H2,1-5H3,(H,14,15). The fourth-order valence-corrected chi connectivity index (χ4v) is 1.79. The van der Waals surface area contributed by atoms with Crippen LogP contribution in [0.25, 0.3) is 0 Å². The highest BCUT2D eigenvalue weighted by Gasteiger charge is 2.36. The van der Waals surface area contributed by atoms with E-state index in [0.717, 1.165) is 12.8 Å². The summed E-state index contributed by atoms with van der Waals surface area (Å²) in [6.07, 6.45) is 1.52. The van der Waals surface area contributed by atoms with Gasteiger partial charge in [-0.3, -0.25) is 4.79 Å². The Bertz CT molecular complexity index is 215. The minimum Gasteiger partial charge on any atom is -0.382 e. The first-order chi connectivity index (χ1) is 7.37. The maximum absolute atomic E-state index is 12.2. The molecule has 0 bridgehead atoms. The van der Waals surface area contributed by atoms with Crippen molar-refractivity contribution >= 4 is 5.91 Å².